The molecule has 0 saturated heterocycles. The van der Waals surface area contributed by atoms with Gasteiger partial charge in [0.1, 0.15) is 10.8 Å². The summed E-state index contributed by atoms with van der Waals surface area (Å²) < 4.78 is 5.69. The van der Waals surface area contributed by atoms with Crippen LogP contribution in [0.4, 0.5) is 0 Å². The van der Waals surface area contributed by atoms with Gasteiger partial charge in [-0.3, -0.25) is 9.59 Å². The Morgan fingerprint density at radius 1 is 1.41 bits per heavy atom. The normalized spacial score (nSPS) is 16.5. The molecule has 2 heterocycles. The molecule has 6 heteroatoms. The molecule has 1 aromatic carbocycles. The standard InChI is InChI=1S/C16H15ClN2O3/c17-13-6-12(8-19-16(13)21)15(20)18-7-10-5-11-3-1-2-4-14(11)22-9-10/h1-4,6,8,10H,5,7,9H2,(H,18,20)(H,19,21)/t10-/m0/s1. The molecule has 1 atom stereocenters. The number of pyridine rings is 1. The molecule has 0 radical (unpaired) electrons. The highest BCUT2D eigenvalue weighted by molar-refractivity contribution is 6.30. The number of hydrogen-bond acceptors (Lipinski definition) is 3. The molecule has 0 spiro atoms. The summed E-state index contributed by atoms with van der Waals surface area (Å²) >= 11 is 5.72. The lowest BCUT2D eigenvalue weighted by Crippen LogP contribution is -2.35. The molecule has 0 aliphatic carbocycles. The Hall–Kier alpha value is -2.27. The number of para-hydroxylation sites is 1. The van der Waals surface area contributed by atoms with Gasteiger partial charge in [-0.05, 0) is 24.1 Å². The zero-order valence-corrected chi connectivity index (χ0v) is 12.5. The van der Waals surface area contributed by atoms with E-state index in [4.69, 9.17) is 16.3 Å². The third-order valence-electron chi connectivity index (χ3n) is 3.63. The Bertz CT molecular complexity index is 757. The summed E-state index contributed by atoms with van der Waals surface area (Å²) in [5.74, 6) is 0.867. The van der Waals surface area contributed by atoms with E-state index in [0.717, 1.165) is 17.7 Å². The van der Waals surface area contributed by atoms with Crippen LogP contribution in [0.1, 0.15) is 15.9 Å². The highest BCUT2D eigenvalue weighted by Gasteiger charge is 2.20. The minimum Gasteiger partial charge on any atom is -0.493 e. The number of H-pyrrole nitrogens is 1. The molecule has 0 fully saturated rings. The molecule has 22 heavy (non-hydrogen) atoms. The van der Waals surface area contributed by atoms with Crippen LogP contribution in [0.5, 0.6) is 5.75 Å². The van der Waals surface area contributed by atoms with Crippen molar-refractivity contribution in [2.24, 2.45) is 5.92 Å². The third kappa shape index (κ3) is 3.14. The summed E-state index contributed by atoms with van der Waals surface area (Å²) in [5, 5.41) is 2.85. The van der Waals surface area contributed by atoms with E-state index < -0.39 is 5.56 Å². The lowest BCUT2D eigenvalue weighted by Gasteiger charge is -2.25. The Labute approximate surface area is 132 Å². The first-order valence-electron chi connectivity index (χ1n) is 7.00. The number of ether oxygens (including phenoxy) is 1. The van der Waals surface area contributed by atoms with Crippen molar-refractivity contribution in [3.63, 3.8) is 0 Å². The molecule has 3 rings (SSSR count). The van der Waals surface area contributed by atoms with Gasteiger partial charge in [0.05, 0.1) is 12.2 Å². The number of benzene rings is 1. The fourth-order valence-electron chi connectivity index (χ4n) is 2.45. The highest BCUT2D eigenvalue weighted by Crippen LogP contribution is 2.26. The summed E-state index contributed by atoms with van der Waals surface area (Å²) in [6, 6.07) is 9.27. The molecular weight excluding hydrogens is 304 g/mol. The third-order valence-corrected chi connectivity index (χ3v) is 3.91. The highest BCUT2D eigenvalue weighted by atomic mass is 35.5. The van der Waals surface area contributed by atoms with Crippen LogP contribution in [0.3, 0.4) is 0 Å². The zero-order chi connectivity index (χ0) is 15.5. The molecule has 0 saturated carbocycles. The van der Waals surface area contributed by atoms with Crippen molar-refractivity contribution in [3.8, 4) is 5.75 Å². The van der Waals surface area contributed by atoms with Crippen molar-refractivity contribution in [1.29, 1.82) is 0 Å². The summed E-state index contributed by atoms with van der Waals surface area (Å²) in [6.45, 7) is 1.08. The Morgan fingerprint density at radius 2 is 2.23 bits per heavy atom. The van der Waals surface area contributed by atoms with Gasteiger partial charge in [0.15, 0.2) is 0 Å². The fraction of sp³-hybridized carbons (Fsp3) is 0.250. The van der Waals surface area contributed by atoms with E-state index in [1.54, 1.807) is 0 Å². The smallest absolute Gasteiger partial charge is 0.266 e. The molecule has 0 bridgehead atoms. The van der Waals surface area contributed by atoms with Crippen LogP contribution in [-0.4, -0.2) is 24.0 Å². The predicted octanol–water partition coefficient (Wildman–Crippen LogP) is 2.01. The molecular formula is C16H15ClN2O3. The van der Waals surface area contributed by atoms with Crippen molar-refractivity contribution >= 4 is 17.5 Å². The van der Waals surface area contributed by atoms with Crippen molar-refractivity contribution in [2.45, 2.75) is 6.42 Å². The van der Waals surface area contributed by atoms with Gasteiger partial charge in [0.2, 0.25) is 0 Å². The number of rotatable bonds is 3. The second-order valence-electron chi connectivity index (χ2n) is 5.26. The second kappa shape index (κ2) is 6.23. The van der Waals surface area contributed by atoms with E-state index >= 15 is 0 Å². The molecule has 1 amide bonds. The van der Waals surface area contributed by atoms with Crippen molar-refractivity contribution in [1.82, 2.24) is 10.3 Å². The van der Waals surface area contributed by atoms with E-state index in [-0.39, 0.29) is 16.8 Å². The van der Waals surface area contributed by atoms with Crippen LogP contribution >= 0.6 is 11.6 Å². The van der Waals surface area contributed by atoms with Crippen LogP contribution in [-0.2, 0) is 6.42 Å². The van der Waals surface area contributed by atoms with Crippen LogP contribution in [0.15, 0.2) is 41.3 Å². The van der Waals surface area contributed by atoms with Gasteiger partial charge in [-0.2, -0.15) is 0 Å². The molecule has 1 aliphatic rings. The molecule has 0 unspecified atom stereocenters. The summed E-state index contributed by atoms with van der Waals surface area (Å²) in [6.07, 6.45) is 2.22. The molecule has 5 nitrogen and oxygen atoms in total. The summed E-state index contributed by atoms with van der Waals surface area (Å²) in [4.78, 5) is 25.7. The topological polar surface area (TPSA) is 71.2 Å². The van der Waals surface area contributed by atoms with Gasteiger partial charge in [-0.15, -0.1) is 0 Å². The van der Waals surface area contributed by atoms with E-state index in [9.17, 15) is 9.59 Å². The lowest BCUT2D eigenvalue weighted by atomic mass is 9.97. The van der Waals surface area contributed by atoms with Crippen LogP contribution in [0.25, 0.3) is 0 Å². The number of halogens is 1. The number of fused-ring (bicyclic) bond motifs is 1. The minimum absolute atomic E-state index is 0.00239. The summed E-state index contributed by atoms with van der Waals surface area (Å²) in [7, 11) is 0. The van der Waals surface area contributed by atoms with E-state index in [1.165, 1.54) is 12.3 Å². The van der Waals surface area contributed by atoms with Crippen LogP contribution < -0.4 is 15.6 Å². The molecule has 1 aromatic heterocycles. The van der Waals surface area contributed by atoms with Gasteiger partial charge in [-0.1, -0.05) is 29.8 Å². The maximum absolute atomic E-state index is 12.1. The van der Waals surface area contributed by atoms with Gasteiger partial charge in [-0.25, -0.2) is 0 Å². The van der Waals surface area contributed by atoms with Crippen LogP contribution in [0, 0.1) is 5.92 Å². The second-order valence-corrected chi connectivity index (χ2v) is 5.67. The SMILES string of the molecule is O=C(NC[C@H]1COc2ccccc2C1)c1c[nH]c(=O)c(Cl)c1. The number of carbonyl (C=O) groups is 1. The molecule has 2 N–H and O–H groups in total. The number of carbonyl (C=O) groups excluding carboxylic acids is 1. The van der Waals surface area contributed by atoms with Crippen molar-refractivity contribution in [2.75, 3.05) is 13.2 Å². The number of aromatic amines is 1. The minimum atomic E-state index is -0.407. The first-order valence-corrected chi connectivity index (χ1v) is 7.38. The maximum atomic E-state index is 12.1. The van der Waals surface area contributed by atoms with E-state index in [2.05, 4.69) is 10.3 Å². The Balaban J connectivity index is 1.60. The molecule has 1 aliphatic heterocycles. The number of aromatic nitrogens is 1. The lowest BCUT2D eigenvalue weighted by molar-refractivity contribution is 0.0938. The predicted molar refractivity (Wildman–Crippen MR) is 83.5 cm³/mol. The van der Waals surface area contributed by atoms with Gasteiger partial charge < -0.3 is 15.0 Å². The van der Waals surface area contributed by atoms with E-state index in [1.807, 2.05) is 24.3 Å². The summed E-state index contributed by atoms with van der Waals surface area (Å²) in [5.41, 5.74) is 1.08. The zero-order valence-electron chi connectivity index (χ0n) is 11.8. The van der Waals surface area contributed by atoms with Gasteiger partial charge in [0, 0.05) is 18.7 Å². The average molecular weight is 319 g/mol. The quantitative estimate of drug-likeness (QED) is 0.909. The molecule has 114 valence electrons. The molecule has 2 aromatic rings. The number of amides is 1. The monoisotopic (exact) mass is 318 g/mol. The maximum Gasteiger partial charge on any atom is 0.266 e. The van der Waals surface area contributed by atoms with Gasteiger partial charge >= 0.3 is 0 Å². The first kappa shape index (κ1) is 14.7. The number of nitrogens with one attached hydrogen (secondary N) is 2. The van der Waals surface area contributed by atoms with Crippen molar-refractivity contribution in [3.05, 3.63) is 63.0 Å². The average Bonchev–Trinajstić information content (AvgIpc) is 2.55. The van der Waals surface area contributed by atoms with E-state index in [0.29, 0.717) is 18.7 Å². The van der Waals surface area contributed by atoms with Gasteiger partial charge in [0.25, 0.3) is 11.5 Å². The fourth-order valence-corrected chi connectivity index (χ4v) is 2.62. The van der Waals surface area contributed by atoms with Crippen molar-refractivity contribution < 1.29 is 9.53 Å². The largest absolute Gasteiger partial charge is 0.493 e. The number of hydrogen-bond donors (Lipinski definition) is 2. The Kier molecular flexibility index (Phi) is 4.15. The first-order chi connectivity index (χ1) is 10.6. The Morgan fingerprint density at radius 3 is 3.05 bits per heavy atom. The van der Waals surface area contributed by atoms with Crippen LogP contribution in [0.2, 0.25) is 5.02 Å².